The summed E-state index contributed by atoms with van der Waals surface area (Å²) in [6.07, 6.45) is 2.26. The van der Waals surface area contributed by atoms with Gasteiger partial charge in [0.25, 0.3) is 0 Å². The van der Waals surface area contributed by atoms with Crippen LogP contribution in [-0.4, -0.2) is 28.8 Å². The van der Waals surface area contributed by atoms with E-state index >= 15 is 0 Å². The Kier molecular flexibility index (Phi) is 4.09. The smallest absolute Gasteiger partial charge is 0.264 e. The number of thiol groups is 1. The van der Waals surface area contributed by atoms with Crippen molar-refractivity contribution in [3.63, 3.8) is 0 Å². The highest BCUT2D eigenvalue weighted by Gasteiger charge is 2.15. The quantitative estimate of drug-likeness (QED) is 0.494. The van der Waals surface area contributed by atoms with E-state index in [0.717, 1.165) is 0 Å². The van der Waals surface area contributed by atoms with E-state index in [-0.39, 0.29) is 10.9 Å². The van der Waals surface area contributed by atoms with Crippen LogP contribution < -0.4 is 0 Å². The van der Waals surface area contributed by atoms with E-state index in [2.05, 4.69) is 36.4 Å². The number of para-hydroxylation sites is 1. The number of rotatable bonds is 0. The zero-order chi connectivity index (χ0) is 12.3. The van der Waals surface area contributed by atoms with E-state index < -0.39 is 10.4 Å². The molecule has 0 saturated heterocycles. The van der Waals surface area contributed by atoms with Crippen molar-refractivity contribution < 1.29 is 17.5 Å². The molecule has 5 nitrogen and oxygen atoms in total. The minimum atomic E-state index is -4.67. The Hall–Kier alpha value is -0.890. The standard InChI is InChI=1S/C9H11NS.H2O4S/c1-7-10-8-5-3-4-6-9(8)11(7)2;1-5(2,3)4/h3-6,11H,1-2H3;(H2,1,2,3,4). The molecule has 1 aliphatic rings. The van der Waals surface area contributed by atoms with Gasteiger partial charge in [-0.25, -0.2) is 4.99 Å². The van der Waals surface area contributed by atoms with Crippen molar-refractivity contribution in [1.82, 2.24) is 0 Å². The topological polar surface area (TPSA) is 87.0 Å². The highest BCUT2D eigenvalue weighted by atomic mass is 32.3. The van der Waals surface area contributed by atoms with Crippen LogP contribution in [0.3, 0.4) is 0 Å². The summed E-state index contributed by atoms with van der Waals surface area (Å²) in [7, 11) is -4.76. The van der Waals surface area contributed by atoms with Gasteiger partial charge in [-0.3, -0.25) is 9.11 Å². The lowest BCUT2D eigenvalue weighted by Gasteiger charge is -2.08. The average Bonchev–Trinajstić information content (AvgIpc) is 2.41. The molecular weight excluding hydrogens is 250 g/mol. The Morgan fingerprint density at radius 1 is 1.25 bits per heavy atom. The van der Waals surface area contributed by atoms with Crippen LogP contribution in [0.25, 0.3) is 0 Å². The van der Waals surface area contributed by atoms with Gasteiger partial charge in [-0.15, -0.1) is 0 Å². The molecule has 0 fully saturated rings. The van der Waals surface area contributed by atoms with Gasteiger partial charge >= 0.3 is 10.4 Å². The zero-order valence-corrected chi connectivity index (χ0v) is 10.5. The Morgan fingerprint density at radius 2 is 1.75 bits per heavy atom. The first-order valence-corrected chi connectivity index (χ1v) is 7.55. The molecule has 1 aromatic carbocycles. The van der Waals surface area contributed by atoms with Crippen LogP contribution >= 0.6 is 10.9 Å². The third kappa shape index (κ3) is 3.93. The molecule has 0 saturated carbocycles. The van der Waals surface area contributed by atoms with E-state index in [9.17, 15) is 0 Å². The van der Waals surface area contributed by atoms with Crippen LogP contribution in [0.2, 0.25) is 0 Å². The van der Waals surface area contributed by atoms with Crippen LogP contribution in [0.5, 0.6) is 0 Å². The second-order valence-corrected chi connectivity index (χ2v) is 6.30. The Labute approximate surface area is 97.1 Å². The number of fused-ring (bicyclic) bond motifs is 1. The van der Waals surface area contributed by atoms with Gasteiger partial charge in [0, 0.05) is 4.90 Å². The second-order valence-electron chi connectivity index (χ2n) is 3.15. The molecule has 0 radical (unpaired) electrons. The normalized spacial score (nSPS) is 20.5. The molecule has 1 aromatic rings. The van der Waals surface area contributed by atoms with Gasteiger partial charge < -0.3 is 0 Å². The molecule has 0 spiro atoms. The lowest BCUT2D eigenvalue weighted by atomic mass is 10.3. The van der Waals surface area contributed by atoms with Gasteiger partial charge in [-0.05, 0) is 25.3 Å². The SMILES string of the molecule is CC1=Nc2ccccc2[SH]1C.O=S(=O)(O)O. The van der Waals surface area contributed by atoms with Gasteiger partial charge in [0.1, 0.15) is 0 Å². The highest BCUT2D eigenvalue weighted by molar-refractivity contribution is 8.29. The molecule has 0 aromatic heterocycles. The van der Waals surface area contributed by atoms with Crippen LogP contribution in [0.1, 0.15) is 6.92 Å². The molecule has 0 amide bonds. The van der Waals surface area contributed by atoms with E-state index in [4.69, 9.17) is 17.5 Å². The third-order valence-electron chi connectivity index (χ3n) is 2.01. The Balaban J connectivity index is 0.000000221. The Bertz CT molecular complexity index is 502. The largest absolute Gasteiger partial charge is 0.394 e. The van der Waals surface area contributed by atoms with Crippen molar-refractivity contribution in [2.75, 3.05) is 6.26 Å². The second kappa shape index (κ2) is 4.96. The van der Waals surface area contributed by atoms with Crippen molar-refractivity contribution in [2.45, 2.75) is 11.8 Å². The van der Waals surface area contributed by atoms with Crippen LogP contribution in [0, 0.1) is 0 Å². The molecule has 16 heavy (non-hydrogen) atoms. The van der Waals surface area contributed by atoms with Crippen molar-refractivity contribution in [2.24, 2.45) is 4.99 Å². The molecule has 2 rings (SSSR count). The van der Waals surface area contributed by atoms with Gasteiger partial charge in [-0.2, -0.15) is 19.3 Å². The highest BCUT2D eigenvalue weighted by Crippen LogP contribution is 2.46. The number of nitrogens with zero attached hydrogens (tertiary/aromatic N) is 1. The minimum absolute atomic E-state index is 0.0921. The predicted octanol–water partition coefficient (Wildman–Crippen LogP) is 2.09. The van der Waals surface area contributed by atoms with Crippen molar-refractivity contribution in [3.05, 3.63) is 24.3 Å². The molecule has 1 unspecified atom stereocenters. The summed E-state index contributed by atoms with van der Waals surface area (Å²) < 4.78 is 31.6. The Morgan fingerprint density at radius 3 is 2.25 bits per heavy atom. The summed E-state index contributed by atoms with van der Waals surface area (Å²) in [6.45, 7) is 2.12. The lowest BCUT2D eigenvalue weighted by Crippen LogP contribution is -1.89. The predicted molar refractivity (Wildman–Crippen MR) is 66.6 cm³/mol. The molecule has 0 aliphatic carbocycles. The fourth-order valence-electron chi connectivity index (χ4n) is 1.27. The molecule has 1 atom stereocenters. The van der Waals surface area contributed by atoms with Crippen molar-refractivity contribution >= 4 is 32.0 Å². The number of hydrogen-bond acceptors (Lipinski definition) is 3. The van der Waals surface area contributed by atoms with Gasteiger partial charge in [0.15, 0.2) is 0 Å². The van der Waals surface area contributed by atoms with E-state index in [1.807, 2.05) is 6.07 Å². The van der Waals surface area contributed by atoms with Crippen LogP contribution in [0.15, 0.2) is 34.2 Å². The first-order chi connectivity index (χ1) is 7.29. The average molecular weight is 263 g/mol. The molecule has 1 aliphatic heterocycles. The van der Waals surface area contributed by atoms with E-state index in [0.29, 0.717) is 0 Å². The van der Waals surface area contributed by atoms with Crippen molar-refractivity contribution in [1.29, 1.82) is 0 Å². The molecule has 90 valence electrons. The summed E-state index contributed by atoms with van der Waals surface area (Å²) in [5.74, 6) is 0. The summed E-state index contributed by atoms with van der Waals surface area (Å²) in [5.41, 5.74) is 1.18. The maximum atomic E-state index is 8.74. The first-order valence-electron chi connectivity index (χ1n) is 4.37. The maximum absolute atomic E-state index is 8.74. The third-order valence-corrected chi connectivity index (χ3v) is 4.18. The summed E-state index contributed by atoms with van der Waals surface area (Å²) in [4.78, 5) is 5.91. The summed E-state index contributed by atoms with van der Waals surface area (Å²) >= 11 is 0. The van der Waals surface area contributed by atoms with Crippen LogP contribution in [0.4, 0.5) is 5.69 Å². The molecule has 7 heteroatoms. The lowest BCUT2D eigenvalue weighted by molar-refractivity contribution is 0.381. The minimum Gasteiger partial charge on any atom is -0.264 e. The molecule has 0 bridgehead atoms. The zero-order valence-electron chi connectivity index (χ0n) is 8.82. The van der Waals surface area contributed by atoms with Crippen molar-refractivity contribution in [3.8, 4) is 0 Å². The first kappa shape index (κ1) is 13.2. The number of benzene rings is 1. The fraction of sp³-hybridized carbons (Fsp3) is 0.222. The van der Waals surface area contributed by atoms with Gasteiger partial charge in [0.2, 0.25) is 0 Å². The van der Waals surface area contributed by atoms with Crippen LogP contribution in [-0.2, 0) is 10.4 Å². The van der Waals surface area contributed by atoms with E-state index in [1.165, 1.54) is 15.6 Å². The van der Waals surface area contributed by atoms with Gasteiger partial charge in [0.05, 0.1) is 10.7 Å². The summed E-state index contributed by atoms with van der Waals surface area (Å²) in [6, 6.07) is 8.40. The fourth-order valence-corrected chi connectivity index (χ4v) is 2.65. The molecule has 2 N–H and O–H groups in total. The molecule has 1 heterocycles. The number of aliphatic imine (C=N–C) groups is 1. The molecular formula is C9H13NO4S2. The van der Waals surface area contributed by atoms with E-state index in [1.54, 1.807) is 0 Å². The van der Waals surface area contributed by atoms with Gasteiger partial charge in [-0.1, -0.05) is 12.1 Å². The monoisotopic (exact) mass is 263 g/mol. The summed E-state index contributed by atoms with van der Waals surface area (Å²) in [5, 5.41) is 1.29. The number of hydrogen-bond donors (Lipinski definition) is 3. The maximum Gasteiger partial charge on any atom is 0.394 e.